The van der Waals surface area contributed by atoms with Crippen LogP contribution in [-0.2, 0) is 22.2 Å². The number of carbonyl (C=O) groups excluding carboxylic acids is 1. The predicted octanol–water partition coefficient (Wildman–Crippen LogP) is 6.14. The van der Waals surface area contributed by atoms with Crippen molar-refractivity contribution >= 4 is 12.1 Å². The maximum atomic E-state index is 12.9. The number of carbonyl (C=O) groups is 1. The van der Waals surface area contributed by atoms with Crippen LogP contribution in [0.5, 0.6) is 5.75 Å². The van der Waals surface area contributed by atoms with Crippen LogP contribution in [0, 0.1) is 5.92 Å². The Hall–Kier alpha value is -2.62. The Kier molecular flexibility index (Phi) is 8.28. The molecule has 0 aromatic heterocycles. The molecule has 0 radical (unpaired) electrons. The van der Waals surface area contributed by atoms with Crippen molar-refractivity contribution in [2.24, 2.45) is 10.9 Å². The summed E-state index contributed by atoms with van der Waals surface area (Å²) in [7, 11) is 0. The first-order chi connectivity index (χ1) is 14.8. The molecule has 0 aliphatic heterocycles. The Morgan fingerprint density at radius 3 is 2.19 bits per heavy atom. The van der Waals surface area contributed by atoms with E-state index in [9.17, 15) is 9.90 Å². The molecule has 2 aromatic carbocycles. The molecular formula is C28H40N2O2. The monoisotopic (exact) mass is 436 g/mol. The molecular weight excluding hydrogens is 396 g/mol. The van der Waals surface area contributed by atoms with Crippen molar-refractivity contribution in [2.45, 2.75) is 85.2 Å². The molecule has 0 saturated carbocycles. The smallest absolute Gasteiger partial charge is 0.245 e. The average molecular weight is 437 g/mol. The van der Waals surface area contributed by atoms with Gasteiger partial charge in [-0.3, -0.25) is 9.79 Å². The number of phenols is 1. The minimum atomic E-state index is -0.505. The fourth-order valence-electron chi connectivity index (χ4n) is 3.52. The lowest BCUT2D eigenvalue weighted by molar-refractivity contribution is -0.122. The molecule has 2 aromatic rings. The SMILES string of the molecule is CC(C)C[C@H](N=Cc1cc(C(C)(C)C)cc(C(C)(C)C)c1O)C(=O)NCc1ccccc1. The molecule has 0 aliphatic carbocycles. The first kappa shape index (κ1) is 25.6. The standard InChI is InChI=1S/C28H40N2O2/c1-19(2)14-24(26(32)30-17-20-12-10-9-11-13-20)29-18-21-15-22(27(3,4)5)16-23(25(21)31)28(6,7)8/h9-13,15-16,18-19,24,31H,14,17H2,1-8H3,(H,30,32)/t24-/m0/s1. The summed E-state index contributed by atoms with van der Waals surface area (Å²) in [6.45, 7) is 17.4. The van der Waals surface area contributed by atoms with Gasteiger partial charge in [-0.1, -0.05) is 91.8 Å². The normalized spacial score (nSPS) is 13.5. The van der Waals surface area contributed by atoms with Crippen LogP contribution in [0.25, 0.3) is 0 Å². The van der Waals surface area contributed by atoms with Crippen LogP contribution in [0.15, 0.2) is 47.5 Å². The molecule has 2 rings (SSSR count). The molecule has 0 saturated heterocycles. The molecule has 4 heteroatoms. The van der Waals surface area contributed by atoms with Crippen LogP contribution in [0.3, 0.4) is 0 Å². The zero-order valence-corrected chi connectivity index (χ0v) is 21.0. The van der Waals surface area contributed by atoms with Gasteiger partial charge in [-0.15, -0.1) is 0 Å². The Morgan fingerprint density at radius 1 is 1.03 bits per heavy atom. The van der Waals surface area contributed by atoms with Crippen molar-refractivity contribution < 1.29 is 9.90 Å². The van der Waals surface area contributed by atoms with E-state index in [-0.39, 0.29) is 22.5 Å². The van der Waals surface area contributed by atoms with Crippen LogP contribution in [0.1, 0.15) is 84.1 Å². The third-order valence-corrected chi connectivity index (χ3v) is 5.51. The molecule has 1 amide bonds. The van der Waals surface area contributed by atoms with E-state index in [4.69, 9.17) is 0 Å². The highest BCUT2D eigenvalue weighted by Crippen LogP contribution is 2.37. The van der Waals surface area contributed by atoms with Gasteiger partial charge in [-0.05, 0) is 40.4 Å². The van der Waals surface area contributed by atoms with Crippen LogP contribution < -0.4 is 5.32 Å². The maximum Gasteiger partial charge on any atom is 0.245 e. The quantitative estimate of drug-likeness (QED) is 0.512. The summed E-state index contributed by atoms with van der Waals surface area (Å²) >= 11 is 0. The van der Waals surface area contributed by atoms with E-state index in [0.29, 0.717) is 24.4 Å². The predicted molar refractivity (Wildman–Crippen MR) is 135 cm³/mol. The number of amides is 1. The van der Waals surface area contributed by atoms with Gasteiger partial charge < -0.3 is 10.4 Å². The van der Waals surface area contributed by atoms with Crippen molar-refractivity contribution in [3.05, 3.63) is 64.7 Å². The van der Waals surface area contributed by atoms with Crippen molar-refractivity contribution in [3.63, 3.8) is 0 Å². The van der Waals surface area contributed by atoms with E-state index in [0.717, 1.165) is 16.7 Å². The van der Waals surface area contributed by atoms with E-state index in [1.165, 1.54) is 0 Å². The first-order valence-electron chi connectivity index (χ1n) is 11.5. The molecule has 0 heterocycles. The van der Waals surface area contributed by atoms with Gasteiger partial charge in [0, 0.05) is 23.9 Å². The lowest BCUT2D eigenvalue weighted by Crippen LogP contribution is -2.34. The number of aromatic hydroxyl groups is 1. The summed E-state index contributed by atoms with van der Waals surface area (Å²) in [6.07, 6.45) is 2.32. The Morgan fingerprint density at radius 2 is 1.66 bits per heavy atom. The van der Waals surface area contributed by atoms with Crippen molar-refractivity contribution in [1.82, 2.24) is 5.32 Å². The third-order valence-electron chi connectivity index (χ3n) is 5.51. The molecule has 0 unspecified atom stereocenters. The molecule has 0 aliphatic rings. The van der Waals surface area contributed by atoms with Crippen LogP contribution >= 0.6 is 0 Å². The number of nitrogens with zero attached hydrogens (tertiary/aromatic N) is 1. The summed E-state index contributed by atoms with van der Waals surface area (Å²) in [5, 5.41) is 14.0. The third kappa shape index (κ3) is 7.22. The van der Waals surface area contributed by atoms with Gasteiger partial charge in [0.1, 0.15) is 11.8 Å². The average Bonchev–Trinajstić information content (AvgIpc) is 2.68. The number of hydrogen-bond acceptors (Lipinski definition) is 3. The molecule has 4 nitrogen and oxygen atoms in total. The molecule has 1 atom stereocenters. The van der Waals surface area contributed by atoms with Gasteiger partial charge in [0.15, 0.2) is 0 Å². The number of hydrogen-bond donors (Lipinski definition) is 2. The zero-order chi connectivity index (χ0) is 24.1. The van der Waals surface area contributed by atoms with E-state index < -0.39 is 6.04 Å². The minimum absolute atomic E-state index is 0.0688. The number of aliphatic imine (C=N–C) groups is 1. The van der Waals surface area contributed by atoms with E-state index in [1.54, 1.807) is 6.21 Å². The molecule has 2 N–H and O–H groups in total. The lowest BCUT2D eigenvalue weighted by Gasteiger charge is -2.27. The highest BCUT2D eigenvalue weighted by atomic mass is 16.3. The molecule has 0 spiro atoms. The summed E-state index contributed by atoms with van der Waals surface area (Å²) in [5.41, 5.74) is 3.46. The van der Waals surface area contributed by atoms with Crippen LogP contribution in [0.2, 0.25) is 0 Å². The Labute approximate surface area is 194 Å². The minimum Gasteiger partial charge on any atom is -0.507 e. The maximum absolute atomic E-state index is 12.9. The van der Waals surface area contributed by atoms with Crippen molar-refractivity contribution in [1.29, 1.82) is 0 Å². The van der Waals surface area contributed by atoms with Gasteiger partial charge in [0.25, 0.3) is 0 Å². The molecule has 0 fully saturated rings. The topological polar surface area (TPSA) is 61.7 Å². The van der Waals surface area contributed by atoms with Gasteiger partial charge in [-0.25, -0.2) is 0 Å². The second kappa shape index (κ2) is 10.3. The van der Waals surface area contributed by atoms with Crippen molar-refractivity contribution in [2.75, 3.05) is 0 Å². The van der Waals surface area contributed by atoms with E-state index in [1.807, 2.05) is 36.4 Å². The number of nitrogens with one attached hydrogen (secondary N) is 1. The fraction of sp³-hybridized carbons (Fsp3) is 0.500. The van der Waals surface area contributed by atoms with Crippen LogP contribution in [0.4, 0.5) is 0 Å². The number of benzene rings is 2. The first-order valence-corrected chi connectivity index (χ1v) is 11.5. The van der Waals surface area contributed by atoms with Gasteiger partial charge in [-0.2, -0.15) is 0 Å². The van der Waals surface area contributed by atoms with Crippen molar-refractivity contribution in [3.8, 4) is 5.75 Å². The fourth-order valence-corrected chi connectivity index (χ4v) is 3.52. The Bertz CT molecular complexity index is 932. The largest absolute Gasteiger partial charge is 0.507 e. The number of phenolic OH excluding ortho intramolecular Hbond substituents is 1. The van der Waals surface area contributed by atoms with Gasteiger partial charge in [0.2, 0.25) is 5.91 Å². The van der Waals surface area contributed by atoms with Gasteiger partial charge >= 0.3 is 0 Å². The molecule has 174 valence electrons. The zero-order valence-electron chi connectivity index (χ0n) is 21.0. The summed E-state index contributed by atoms with van der Waals surface area (Å²) in [5.74, 6) is 0.461. The van der Waals surface area contributed by atoms with E-state index >= 15 is 0 Å². The highest BCUT2D eigenvalue weighted by molar-refractivity contribution is 5.89. The Balaban J connectivity index is 2.35. The summed E-state index contributed by atoms with van der Waals surface area (Å²) in [4.78, 5) is 17.6. The molecule has 0 bridgehead atoms. The summed E-state index contributed by atoms with van der Waals surface area (Å²) < 4.78 is 0. The lowest BCUT2D eigenvalue weighted by atomic mass is 9.79. The summed E-state index contributed by atoms with van der Waals surface area (Å²) in [6, 6.07) is 13.4. The van der Waals surface area contributed by atoms with E-state index in [2.05, 4.69) is 71.8 Å². The second-order valence-electron chi connectivity index (χ2n) is 11.1. The van der Waals surface area contributed by atoms with Gasteiger partial charge in [0.05, 0.1) is 0 Å². The van der Waals surface area contributed by atoms with Crippen LogP contribution in [-0.4, -0.2) is 23.3 Å². The highest BCUT2D eigenvalue weighted by Gasteiger charge is 2.25. The molecule has 32 heavy (non-hydrogen) atoms. The number of rotatable bonds is 7. The second-order valence-corrected chi connectivity index (χ2v) is 11.1.